The van der Waals surface area contributed by atoms with Gasteiger partial charge in [-0.25, -0.2) is 4.98 Å². The number of benzene rings is 1. The van der Waals surface area contributed by atoms with Crippen LogP contribution in [0.1, 0.15) is 5.56 Å². The summed E-state index contributed by atoms with van der Waals surface area (Å²) in [6.45, 7) is 0. The molecule has 0 saturated heterocycles. The fraction of sp³-hybridized carbons (Fsp3) is 0. The normalized spacial score (nSPS) is 10.6. The van der Waals surface area contributed by atoms with Crippen LogP contribution in [0.25, 0.3) is 17.2 Å². The molecule has 1 aromatic carbocycles. The minimum atomic E-state index is -0.215. The standard InChI is InChI=1S/C19H15N3O/c23-19(7-6-15-4-2-1-3-5-15)22-18-14-17(10-13-21-18)16-8-11-20-12-9-16/h1-14H,(H,21,22,23). The average Bonchev–Trinajstić information content (AvgIpc) is 2.62. The van der Waals surface area contributed by atoms with Gasteiger partial charge in [-0.3, -0.25) is 9.78 Å². The van der Waals surface area contributed by atoms with E-state index in [1.54, 1.807) is 24.7 Å². The third-order valence-electron chi connectivity index (χ3n) is 3.25. The zero-order chi connectivity index (χ0) is 15.9. The zero-order valence-corrected chi connectivity index (χ0v) is 12.4. The van der Waals surface area contributed by atoms with E-state index in [9.17, 15) is 4.79 Å². The molecule has 4 heteroatoms. The molecule has 0 aliphatic rings. The van der Waals surface area contributed by atoms with Crippen molar-refractivity contribution >= 4 is 17.8 Å². The highest BCUT2D eigenvalue weighted by Crippen LogP contribution is 2.20. The molecule has 0 aliphatic heterocycles. The maximum absolute atomic E-state index is 12.0. The van der Waals surface area contributed by atoms with Crippen LogP contribution >= 0.6 is 0 Å². The number of carbonyl (C=O) groups excluding carboxylic acids is 1. The largest absolute Gasteiger partial charge is 0.307 e. The first-order valence-electron chi connectivity index (χ1n) is 7.22. The zero-order valence-electron chi connectivity index (χ0n) is 12.4. The topological polar surface area (TPSA) is 54.9 Å². The number of pyridine rings is 2. The molecule has 0 radical (unpaired) electrons. The van der Waals surface area contributed by atoms with Crippen molar-refractivity contribution in [3.05, 3.63) is 84.8 Å². The Balaban J connectivity index is 1.71. The van der Waals surface area contributed by atoms with Crippen LogP contribution in [-0.4, -0.2) is 15.9 Å². The van der Waals surface area contributed by atoms with Gasteiger partial charge in [-0.05, 0) is 47.0 Å². The summed E-state index contributed by atoms with van der Waals surface area (Å²) in [7, 11) is 0. The summed E-state index contributed by atoms with van der Waals surface area (Å²) in [4.78, 5) is 20.2. The van der Waals surface area contributed by atoms with E-state index >= 15 is 0 Å². The van der Waals surface area contributed by atoms with Gasteiger partial charge in [0.25, 0.3) is 0 Å². The first kappa shape index (κ1) is 14.7. The monoisotopic (exact) mass is 301 g/mol. The molecule has 0 bridgehead atoms. The van der Waals surface area contributed by atoms with E-state index in [1.165, 1.54) is 6.08 Å². The van der Waals surface area contributed by atoms with Crippen molar-refractivity contribution in [3.63, 3.8) is 0 Å². The van der Waals surface area contributed by atoms with Gasteiger partial charge < -0.3 is 5.32 Å². The van der Waals surface area contributed by atoms with E-state index in [0.717, 1.165) is 16.7 Å². The quantitative estimate of drug-likeness (QED) is 0.746. The van der Waals surface area contributed by atoms with Crippen LogP contribution in [0, 0.1) is 0 Å². The molecular formula is C19H15N3O. The van der Waals surface area contributed by atoms with Crippen LogP contribution in [0.15, 0.2) is 79.3 Å². The number of aromatic nitrogens is 2. The average molecular weight is 301 g/mol. The van der Waals surface area contributed by atoms with Crippen LogP contribution in [0.5, 0.6) is 0 Å². The van der Waals surface area contributed by atoms with Crippen LogP contribution in [0.3, 0.4) is 0 Å². The molecule has 23 heavy (non-hydrogen) atoms. The van der Waals surface area contributed by atoms with Gasteiger partial charge in [0, 0.05) is 24.7 Å². The fourth-order valence-corrected chi connectivity index (χ4v) is 2.13. The van der Waals surface area contributed by atoms with Crippen molar-refractivity contribution in [1.82, 2.24) is 9.97 Å². The lowest BCUT2D eigenvalue weighted by atomic mass is 10.1. The van der Waals surface area contributed by atoms with Crippen LogP contribution < -0.4 is 5.32 Å². The third kappa shape index (κ3) is 4.11. The molecular weight excluding hydrogens is 286 g/mol. The Morgan fingerprint density at radius 3 is 2.43 bits per heavy atom. The summed E-state index contributed by atoms with van der Waals surface area (Å²) in [6, 6.07) is 17.2. The van der Waals surface area contributed by atoms with Gasteiger partial charge in [0.2, 0.25) is 5.91 Å². The van der Waals surface area contributed by atoms with Gasteiger partial charge in [-0.15, -0.1) is 0 Å². The lowest BCUT2D eigenvalue weighted by Gasteiger charge is -2.05. The second-order valence-corrected chi connectivity index (χ2v) is 4.90. The van der Waals surface area contributed by atoms with E-state index < -0.39 is 0 Å². The van der Waals surface area contributed by atoms with E-state index in [-0.39, 0.29) is 5.91 Å². The Morgan fingerprint density at radius 1 is 0.913 bits per heavy atom. The van der Waals surface area contributed by atoms with Gasteiger partial charge >= 0.3 is 0 Å². The van der Waals surface area contributed by atoms with Crippen LogP contribution in [0.2, 0.25) is 0 Å². The maximum Gasteiger partial charge on any atom is 0.249 e. The molecule has 0 saturated carbocycles. The first-order chi connectivity index (χ1) is 11.3. The van der Waals surface area contributed by atoms with Gasteiger partial charge in [-0.2, -0.15) is 0 Å². The molecule has 3 rings (SSSR count). The van der Waals surface area contributed by atoms with Crippen molar-refractivity contribution in [2.75, 3.05) is 5.32 Å². The molecule has 0 spiro atoms. The van der Waals surface area contributed by atoms with Gasteiger partial charge in [0.05, 0.1) is 0 Å². The highest BCUT2D eigenvalue weighted by Gasteiger charge is 2.02. The summed E-state index contributed by atoms with van der Waals surface area (Å²) in [5, 5.41) is 2.77. The fourth-order valence-electron chi connectivity index (χ4n) is 2.13. The van der Waals surface area contributed by atoms with E-state index in [2.05, 4.69) is 15.3 Å². The molecule has 2 aromatic heterocycles. The highest BCUT2D eigenvalue weighted by atomic mass is 16.1. The minimum Gasteiger partial charge on any atom is -0.307 e. The molecule has 112 valence electrons. The van der Waals surface area contributed by atoms with E-state index in [0.29, 0.717) is 5.82 Å². The number of rotatable bonds is 4. The van der Waals surface area contributed by atoms with Crippen LogP contribution in [-0.2, 0) is 4.79 Å². The van der Waals surface area contributed by atoms with Crippen molar-refractivity contribution < 1.29 is 4.79 Å². The molecule has 1 N–H and O–H groups in total. The molecule has 2 heterocycles. The molecule has 1 amide bonds. The summed E-state index contributed by atoms with van der Waals surface area (Å²) in [5.41, 5.74) is 2.98. The van der Waals surface area contributed by atoms with E-state index in [4.69, 9.17) is 0 Å². The Morgan fingerprint density at radius 2 is 1.65 bits per heavy atom. The van der Waals surface area contributed by atoms with Crippen molar-refractivity contribution in [2.45, 2.75) is 0 Å². The predicted molar refractivity (Wildman–Crippen MR) is 91.6 cm³/mol. The SMILES string of the molecule is O=C(C=Cc1ccccc1)Nc1cc(-c2ccncc2)ccn1. The van der Waals surface area contributed by atoms with Gasteiger partial charge in [-0.1, -0.05) is 30.3 Å². The summed E-state index contributed by atoms with van der Waals surface area (Å²) in [5.74, 6) is 0.301. The van der Waals surface area contributed by atoms with E-state index in [1.807, 2.05) is 54.6 Å². The third-order valence-corrected chi connectivity index (χ3v) is 3.25. The summed E-state index contributed by atoms with van der Waals surface area (Å²) < 4.78 is 0. The Labute approximate surface area is 134 Å². The second kappa shape index (κ2) is 7.13. The molecule has 3 aromatic rings. The highest BCUT2D eigenvalue weighted by molar-refractivity contribution is 6.01. The van der Waals surface area contributed by atoms with Crippen molar-refractivity contribution in [1.29, 1.82) is 0 Å². The summed E-state index contributed by atoms with van der Waals surface area (Å²) >= 11 is 0. The molecule has 0 aliphatic carbocycles. The number of hydrogen-bond acceptors (Lipinski definition) is 3. The number of carbonyl (C=O) groups is 1. The molecule has 0 unspecified atom stereocenters. The Kier molecular flexibility index (Phi) is 4.55. The Hall–Kier alpha value is -3.27. The predicted octanol–water partition coefficient (Wildman–Crippen LogP) is 3.80. The Bertz CT molecular complexity index is 814. The second-order valence-electron chi connectivity index (χ2n) is 4.90. The van der Waals surface area contributed by atoms with Gasteiger partial charge in [0.1, 0.15) is 5.82 Å². The van der Waals surface area contributed by atoms with Crippen molar-refractivity contribution in [2.24, 2.45) is 0 Å². The molecule has 0 fully saturated rings. The smallest absolute Gasteiger partial charge is 0.249 e. The lowest BCUT2D eigenvalue weighted by molar-refractivity contribution is -0.111. The minimum absolute atomic E-state index is 0.215. The number of anilines is 1. The number of nitrogens with zero attached hydrogens (tertiary/aromatic N) is 2. The summed E-state index contributed by atoms with van der Waals surface area (Å²) in [6.07, 6.45) is 8.40. The lowest BCUT2D eigenvalue weighted by Crippen LogP contribution is -2.09. The van der Waals surface area contributed by atoms with Crippen LogP contribution in [0.4, 0.5) is 5.82 Å². The first-order valence-corrected chi connectivity index (χ1v) is 7.22. The number of amides is 1. The maximum atomic E-state index is 12.0. The molecule has 4 nitrogen and oxygen atoms in total. The number of hydrogen-bond donors (Lipinski definition) is 1. The number of nitrogens with one attached hydrogen (secondary N) is 1. The molecule has 0 atom stereocenters. The van der Waals surface area contributed by atoms with Crippen molar-refractivity contribution in [3.8, 4) is 11.1 Å². The van der Waals surface area contributed by atoms with Gasteiger partial charge in [0.15, 0.2) is 0 Å².